The summed E-state index contributed by atoms with van der Waals surface area (Å²) in [4.78, 5) is 32.6. The third kappa shape index (κ3) is 9.39. The molecule has 1 aliphatic rings. The third-order valence-electron chi connectivity index (χ3n) is 4.40. The minimum Gasteiger partial charge on any atom is -0.443 e. The zero-order valence-electron chi connectivity index (χ0n) is 18.9. The summed E-state index contributed by atoms with van der Waals surface area (Å²) in [6.45, 7) is 2.37. The highest BCUT2D eigenvalue weighted by atomic mass is 16.6. The average molecular weight is 468 g/mol. The molecule has 1 aliphatic heterocycles. The smallest absolute Gasteiger partial charge is 0.436 e. The van der Waals surface area contributed by atoms with Crippen LogP contribution in [0.15, 0.2) is 70.9 Å². The van der Waals surface area contributed by atoms with E-state index >= 15 is 0 Å². The van der Waals surface area contributed by atoms with Gasteiger partial charge in [-0.15, -0.1) is 10.1 Å². The van der Waals surface area contributed by atoms with E-state index in [1.165, 1.54) is 0 Å². The highest BCUT2D eigenvalue weighted by Gasteiger charge is 2.22. The molecule has 180 valence electrons. The third-order valence-corrected chi connectivity index (χ3v) is 4.40. The number of amidine groups is 2. The molecular weight excluding hydrogens is 438 g/mol. The second kappa shape index (κ2) is 13.9. The van der Waals surface area contributed by atoms with Crippen LogP contribution in [0, 0.1) is 0 Å². The molecule has 0 saturated heterocycles. The number of hydrazone groups is 2. The summed E-state index contributed by atoms with van der Waals surface area (Å²) >= 11 is 0. The van der Waals surface area contributed by atoms with Crippen molar-refractivity contribution in [1.29, 1.82) is 0 Å². The van der Waals surface area contributed by atoms with Crippen LogP contribution in [0.2, 0.25) is 0 Å². The maximum absolute atomic E-state index is 12.2. The van der Waals surface area contributed by atoms with Gasteiger partial charge in [-0.3, -0.25) is 10.2 Å². The van der Waals surface area contributed by atoms with Crippen LogP contribution in [0.3, 0.4) is 0 Å². The Morgan fingerprint density at radius 2 is 1.65 bits per heavy atom. The lowest BCUT2D eigenvalue weighted by Gasteiger charge is -2.22. The van der Waals surface area contributed by atoms with E-state index in [9.17, 15) is 14.4 Å². The van der Waals surface area contributed by atoms with E-state index in [-0.39, 0.29) is 12.5 Å². The molecule has 2 aromatic rings. The van der Waals surface area contributed by atoms with E-state index in [1.807, 2.05) is 60.7 Å². The summed E-state index contributed by atoms with van der Waals surface area (Å²) in [7, 11) is 0. The fourth-order valence-electron chi connectivity index (χ4n) is 2.68. The van der Waals surface area contributed by atoms with Crippen molar-refractivity contribution < 1.29 is 19.1 Å². The van der Waals surface area contributed by atoms with E-state index in [4.69, 9.17) is 16.2 Å². The minimum absolute atomic E-state index is 0.188. The predicted molar refractivity (Wildman–Crippen MR) is 128 cm³/mol. The highest BCUT2D eigenvalue weighted by Crippen LogP contribution is 2.09. The molecule has 0 bridgehead atoms. The quantitative estimate of drug-likeness (QED) is 0.437. The summed E-state index contributed by atoms with van der Waals surface area (Å²) in [5, 5.41) is 11.9. The van der Waals surface area contributed by atoms with Gasteiger partial charge in [-0.05, 0) is 25.3 Å². The number of hydrogen-bond donors (Lipinski definition) is 4. The summed E-state index contributed by atoms with van der Waals surface area (Å²) in [5.74, 6) is 0.597. The predicted octanol–water partition coefficient (Wildman–Crippen LogP) is 2.23. The molecule has 6 N–H and O–H groups in total. The summed E-state index contributed by atoms with van der Waals surface area (Å²) in [5.41, 5.74) is 14.3. The van der Waals surface area contributed by atoms with Crippen LogP contribution >= 0.6 is 0 Å². The van der Waals surface area contributed by atoms with Crippen molar-refractivity contribution in [2.24, 2.45) is 21.7 Å². The number of carbonyl (C=O) groups excluding carboxylic acids is 3. The summed E-state index contributed by atoms with van der Waals surface area (Å²) in [6.07, 6.45) is 1.21. The van der Waals surface area contributed by atoms with Crippen molar-refractivity contribution in [1.82, 2.24) is 15.8 Å². The molecule has 0 atom stereocenters. The van der Waals surface area contributed by atoms with Crippen LogP contribution in [0.5, 0.6) is 0 Å². The molecule has 0 saturated carbocycles. The Labute approximate surface area is 197 Å². The van der Waals surface area contributed by atoms with E-state index in [0.29, 0.717) is 31.1 Å². The molecule has 0 aliphatic carbocycles. The van der Waals surface area contributed by atoms with E-state index in [1.54, 1.807) is 6.92 Å². The van der Waals surface area contributed by atoms with Gasteiger partial charge < -0.3 is 21.5 Å². The SMILES string of the molecule is CC1=NNC(c2ccccc2)=NN1C(=O)OCc1ccccc1.NC(=O)CCCCNC(N)=O. The number of unbranched alkanes of at least 4 members (excludes halogenated alkanes) is 1. The zero-order valence-corrected chi connectivity index (χ0v) is 18.9. The molecule has 3 rings (SSSR count). The molecule has 4 amide bonds. The first-order valence-corrected chi connectivity index (χ1v) is 10.6. The van der Waals surface area contributed by atoms with Gasteiger partial charge in [0.25, 0.3) is 0 Å². The molecule has 0 spiro atoms. The molecule has 2 aromatic carbocycles. The highest BCUT2D eigenvalue weighted by molar-refractivity contribution is 6.04. The van der Waals surface area contributed by atoms with Gasteiger partial charge in [0.15, 0.2) is 11.7 Å². The van der Waals surface area contributed by atoms with Crippen molar-refractivity contribution >= 4 is 29.7 Å². The molecule has 0 aromatic heterocycles. The van der Waals surface area contributed by atoms with Gasteiger partial charge >= 0.3 is 12.1 Å². The average Bonchev–Trinajstić information content (AvgIpc) is 2.84. The summed E-state index contributed by atoms with van der Waals surface area (Å²) in [6, 6.07) is 18.4. The first-order chi connectivity index (χ1) is 16.4. The number of nitrogens with zero attached hydrogens (tertiary/aromatic N) is 3. The van der Waals surface area contributed by atoms with Crippen LogP contribution in [-0.2, 0) is 16.1 Å². The van der Waals surface area contributed by atoms with Crippen molar-refractivity contribution in [3.8, 4) is 0 Å². The second-order valence-electron chi connectivity index (χ2n) is 7.15. The molecule has 0 fully saturated rings. The Balaban J connectivity index is 0.000000316. The van der Waals surface area contributed by atoms with E-state index < -0.39 is 12.1 Å². The first-order valence-electron chi connectivity index (χ1n) is 10.6. The molecule has 0 unspecified atom stereocenters. The number of benzene rings is 2. The van der Waals surface area contributed by atoms with Gasteiger partial charge in [0.2, 0.25) is 5.91 Å². The molecule has 11 heteroatoms. The maximum Gasteiger partial charge on any atom is 0.436 e. The number of amides is 4. The number of nitrogens with two attached hydrogens (primary N) is 2. The zero-order chi connectivity index (χ0) is 24.8. The normalized spacial score (nSPS) is 12.2. The van der Waals surface area contributed by atoms with Crippen molar-refractivity contribution in [2.75, 3.05) is 6.54 Å². The topological polar surface area (TPSA) is 164 Å². The van der Waals surface area contributed by atoms with Crippen LogP contribution in [0.1, 0.15) is 37.3 Å². The molecule has 34 heavy (non-hydrogen) atoms. The number of rotatable bonds is 8. The van der Waals surface area contributed by atoms with Gasteiger partial charge in [0, 0.05) is 18.5 Å². The summed E-state index contributed by atoms with van der Waals surface area (Å²) < 4.78 is 5.29. The van der Waals surface area contributed by atoms with Crippen LogP contribution in [0.25, 0.3) is 0 Å². The van der Waals surface area contributed by atoms with Gasteiger partial charge in [-0.2, -0.15) is 5.10 Å². The van der Waals surface area contributed by atoms with Crippen molar-refractivity contribution in [3.05, 3.63) is 71.8 Å². The fraction of sp³-hybridized carbons (Fsp3) is 0.261. The number of urea groups is 1. The number of ether oxygens (including phenoxy) is 1. The van der Waals surface area contributed by atoms with Crippen LogP contribution < -0.4 is 22.2 Å². The number of nitrogens with one attached hydrogen (secondary N) is 2. The number of primary amides is 2. The maximum atomic E-state index is 12.2. The lowest BCUT2D eigenvalue weighted by atomic mass is 10.2. The van der Waals surface area contributed by atoms with Crippen LogP contribution in [-0.4, -0.2) is 41.3 Å². The molecule has 0 radical (unpaired) electrons. The Hall–Kier alpha value is -4.41. The largest absolute Gasteiger partial charge is 0.443 e. The van der Waals surface area contributed by atoms with Crippen molar-refractivity contribution in [2.45, 2.75) is 32.8 Å². The molecule has 11 nitrogen and oxygen atoms in total. The molecular formula is C23H29N7O4. The van der Waals surface area contributed by atoms with Crippen molar-refractivity contribution in [3.63, 3.8) is 0 Å². The standard InChI is InChI=1S/C17H16N4O2.C6H13N3O2/c1-13-18-19-16(15-10-6-3-7-11-15)20-21(13)17(22)23-12-14-8-4-2-5-9-14;7-5(10)3-1-2-4-9-6(8)11/h2-11H,12H2,1H3,(H,19,20);1-4H2,(H2,7,10)(H3,8,9,11). The van der Waals surface area contributed by atoms with Gasteiger partial charge in [-0.1, -0.05) is 60.7 Å². The van der Waals surface area contributed by atoms with E-state index in [0.717, 1.165) is 22.6 Å². The number of carbonyl (C=O) groups is 3. The lowest BCUT2D eigenvalue weighted by molar-refractivity contribution is -0.118. The Kier molecular flexibility index (Phi) is 10.6. The first kappa shape index (κ1) is 25.8. The van der Waals surface area contributed by atoms with Crippen LogP contribution in [0.4, 0.5) is 9.59 Å². The van der Waals surface area contributed by atoms with E-state index in [2.05, 4.69) is 20.9 Å². The Morgan fingerprint density at radius 3 is 2.26 bits per heavy atom. The van der Waals surface area contributed by atoms with Gasteiger partial charge in [-0.25, -0.2) is 9.59 Å². The lowest BCUT2D eigenvalue weighted by Crippen LogP contribution is -2.39. The van der Waals surface area contributed by atoms with Gasteiger partial charge in [0.05, 0.1) is 0 Å². The second-order valence-corrected chi connectivity index (χ2v) is 7.15. The minimum atomic E-state index is -0.565. The number of hydrogen-bond acceptors (Lipinski definition) is 7. The van der Waals surface area contributed by atoms with Gasteiger partial charge in [0.1, 0.15) is 6.61 Å². The Morgan fingerprint density at radius 1 is 1.00 bits per heavy atom. The Bertz CT molecular complexity index is 994. The molecule has 1 heterocycles. The fourth-order valence-corrected chi connectivity index (χ4v) is 2.68. The monoisotopic (exact) mass is 467 g/mol.